The Kier molecular flexibility index (Phi) is 6.36. The number of anilines is 3. The van der Waals surface area contributed by atoms with Crippen molar-refractivity contribution in [3.63, 3.8) is 0 Å². The van der Waals surface area contributed by atoms with E-state index in [1.807, 2.05) is 6.92 Å². The van der Waals surface area contributed by atoms with Crippen molar-refractivity contribution >= 4 is 50.6 Å². The van der Waals surface area contributed by atoms with Crippen LogP contribution in [0, 0.1) is 19.7 Å². The molecule has 0 bridgehead atoms. The van der Waals surface area contributed by atoms with Gasteiger partial charge in [0.25, 0.3) is 11.8 Å². The van der Waals surface area contributed by atoms with E-state index < -0.39 is 0 Å². The Morgan fingerprint density at radius 3 is 2.59 bits per heavy atom. The molecule has 5 rings (SSSR count). The fraction of sp³-hybridized carbons (Fsp3) is 0.115. The predicted octanol–water partition coefficient (Wildman–Crippen LogP) is 4.78. The molecule has 0 aliphatic carbocycles. The number of hydrogen-bond acceptors (Lipinski definition) is 7. The van der Waals surface area contributed by atoms with Gasteiger partial charge in [-0.25, -0.2) is 14.4 Å². The topological polar surface area (TPSA) is 128 Å². The summed E-state index contributed by atoms with van der Waals surface area (Å²) in [5, 5.41) is 11.9. The Balaban J connectivity index is 1.35. The number of aromatic nitrogens is 4. The predicted molar refractivity (Wildman–Crippen MR) is 141 cm³/mol. The number of benzene rings is 2. The molecule has 0 radical (unpaired) electrons. The number of aryl methyl sites for hydroxylation is 2. The normalized spacial score (nSPS) is 11.0. The SMILES string of the molecule is Cc1cc(C(=O)Nc2ccc(C)c(NC(=O)c3csc4c(N)ncnc34)c2)n(Cc2ccc(F)cc2)n1. The molecule has 0 fully saturated rings. The van der Waals surface area contributed by atoms with Gasteiger partial charge in [-0.3, -0.25) is 14.3 Å². The zero-order valence-electron chi connectivity index (χ0n) is 19.9. The van der Waals surface area contributed by atoms with E-state index in [0.29, 0.717) is 50.9 Å². The summed E-state index contributed by atoms with van der Waals surface area (Å²) >= 11 is 1.30. The average molecular weight is 516 g/mol. The van der Waals surface area contributed by atoms with Crippen LogP contribution < -0.4 is 16.4 Å². The van der Waals surface area contributed by atoms with Crippen LogP contribution in [0.3, 0.4) is 0 Å². The zero-order valence-corrected chi connectivity index (χ0v) is 20.8. The van der Waals surface area contributed by atoms with Crippen molar-refractivity contribution in [3.05, 3.63) is 94.1 Å². The summed E-state index contributed by atoms with van der Waals surface area (Å²) in [6.45, 7) is 3.97. The first-order valence-electron chi connectivity index (χ1n) is 11.3. The van der Waals surface area contributed by atoms with E-state index in [9.17, 15) is 14.0 Å². The third kappa shape index (κ3) is 5.02. The highest BCUT2D eigenvalue weighted by molar-refractivity contribution is 7.18. The van der Waals surface area contributed by atoms with Gasteiger partial charge in [-0.15, -0.1) is 11.3 Å². The number of nitrogens with two attached hydrogens (primary N) is 1. The fourth-order valence-corrected chi connectivity index (χ4v) is 4.76. The molecule has 9 nitrogen and oxygen atoms in total. The lowest BCUT2D eigenvalue weighted by atomic mass is 10.1. The number of hydrogen-bond donors (Lipinski definition) is 3. The molecule has 2 amide bonds. The first-order valence-corrected chi connectivity index (χ1v) is 12.2. The first-order chi connectivity index (χ1) is 17.8. The summed E-state index contributed by atoms with van der Waals surface area (Å²) in [6.07, 6.45) is 1.32. The number of nitrogen functional groups attached to an aromatic ring is 1. The lowest BCUT2D eigenvalue weighted by Crippen LogP contribution is -2.19. The van der Waals surface area contributed by atoms with Gasteiger partial charge >= 0.3 is 0 Å². The van der Waals surface area contributed by atoms with Gasteiger partial charge in [0.15, 0.2) is 0 Å². The van der Waals surface area contributed by atoms with Crippen molar-refractivity contribution < 1.29 is 14.0 Å². The van der Waals surface area contributed by atoms with Crippen molar-refractivity contribution in [2.24, 2.45) is 0 Å². The van der Waals surface area contributed by atoms with Gasteiger partial charge in [0.1, 0.15) is 23.7 Å². The van der Waals surface area contributed by atoms with Crippen LogP contribution >= 0.6 is 11.3 Å². The number of nitrogens with one attached hydrogen (secondary N) is 2. The fourth-order valence-electron chi connectivity index (χ4n) is 3.86. The second-order valence-electron chi connectivity index (χ2n) is 8.48. The van der Waals surface area contributed by atoms with Crippen molar-refractivity contribution in [1.29, 1.82) is 0 Å². The molecule has 0 aliphatic heterocycles. The van der Waals surface area contributed by atoms with Crippen LogP contribution in [-0.4, -0.2) is 31.6 Å². The van der Waals surface area contributed by atoms with E-state index in [1.54, 1.807) is 53.4 Å². The molecule has 11 heteroatoms. The van der Waals surface area contributed by atoms with E-state index in [4.69, 9.17) is 5.73 Å². The zero-order chi connectivity index (χ0) is 26.1. The van der Waals surface area contributed by atoms with Crippen LogP contribution in [0.1, 0.15) is 37.7 Å². The quantitative estimate of drug-likeness (QED) is 0.299. The standard InChI is InChI=1S/C26H22FN7O2S/c1-14-3-8-18(10-20(14)32-25(35)19-12-37-23-22(19)29-13-30-24(23)28)31-26(36)21-9-15(2)33-34(21)11-16-4-6-17(27)7-5-16/h3-10,12-13H,11H2,1-2H3,(H,31,36)(H,32,35)(H2,28,29,30). The minimum atomic E-state index is -0.361. The Morgan fingerprint density at radius 1 is 1.03 bits per heavy atom. The van der Waals surface area contributed by atoms with Gasteiger partial charge in [0.05, 0.1) is 28.0 Å². The molecule has 4 N–H and O–H groups in total. The molecular weight excluding hydrogens is 493 g/mol. The molecule has 3 aromatic heterocycles. The van der Waals surface area contributed by atoms with Gasteiger partial charge in [-0.1, -0.05) is 18.2 Å². The highest BCUT2D eigenvalue weighted by atomic mass is 32.1. The number of thiophene rings is 1. The van der Waals surface area contributed by atoms with Crippen LogP contribution in [0.5, 0.6) is 0 Å². The molecule has 2 aromatic carbocycles. The van der Waals surface area contributed by atoms with Gasteiger partial charge in [-0.2, -0.15) is 5.10 Å². The molecule has 0 spiro atoms. The average Bonchev–Trinajstić information content (AvgIpc) is 3.47. The summed E-state index contributed by atoms with van der Waals surface area (Å²) in [5.74, 6) is -0.710. The molecule has 5 aromatic rings. The van der Waals surface area contributed by atoms with Crippen molar-refractivity contribution in [2.75, 3.05) is 16.4 Å². The summed E-state index contributed by atoms with van der Waals surface area (Å²) in [4.78, 5) is 34.3. The summed E-state index contributed by atoms with van der Waals surface area (Å²) < 4.78 is 15.5. The van der Waals surface area contributed by atoms with Crippen molar-refractivity contribution in [1.82, 2.24) is 19.7 Å². The number of carbonyl (C=O) groups is 2. The van der Waals surface area contributed by atoms with Gasteiger partial charge in [-0.05, 0) is 55.3 Å². The maximum Gasteiger partial charge on any atom is 0.273 e. The van der Waals surface area contributed by atoms with E-state index in [1.165, 1.54) is 29.8 Å². The van der Waals surface area contributed by atoms with Crippen molar-refractivity contribution in [2.45, 2.75) is 20.4 Å². The van der Waals surface area contributed by atoms with E-state index in [2.05, 4.69) is 25.7 Å². The smallest absolute Gasteiger partial charge is 0.273 e. The molecule has 0 unspecified atom stereocenters. The Morgan fingerprint density at radius 2 is 1.81 bits per heavy atom. The minimum Gasteiger partial charge on any atom is -0.382 e. The van der Waals surface area contributed by atoms with Gasteiger partial charge in [0, 0.05) is 16.8 Å². The molecule has 186 valence electrons. The Bertz CT molecular complexity index is 1640. The number of carbonyl (C=O) groups excluding carboxylic acids is 2. The van der Waals surface area contributed by atoms with E-state index >= 15 is 0 Å². The second kappa shape index (κ2) is 9.78. The number of fused-ring (bicyclic) bond motifs is 1. The van der Waals surface area contributed by atoms with Crippen LogP contribution in [0.25, 0.3) is 10.2 Å². The Labute approximate surface area is 215 Å². The first kappa shape index (κ1) is 24.1. The van der Waals surface area contributed by atoms with E-state index in [0.717, 1.165) is 11.1 Å². The van der Waals surface area contributed by atoms with Gasteiger partial charge < -0.3 is 16.4 Å². The molecule has 0 saturated heterocycles. The van der Waals surface area contributed by atoms with Gasteiger partial charge in [0.2, 0.25) is 0 Å². The van der Waals surface area contributed by atoms with Crippen LogP contribution in [0.2, 0.25) is 0 Å². The third-order valence-corrected chi connectivity index (χ3v) is 6.74. The lowest BCUT2D eigenvalue weighted by molar-refractivity contribution is 0.101. The molecule has 0 saturated carbocycles. The monoisotopic (exact) mass is 515 g/mol. The summed E-state index contributed by atoms with van der Waals surface area (Å²) in [5.41, 5.74) is 10.5. The number of amides is 2. The third-order valence-electron chi connectivity index (χ3n) is 5.75. The molecular formula is C26H22FN7O2S. The molecule has 37 heavy (non-hydrogen) atoms. The summed E-state index contributed by atoms with van der Waals surface area (Å²) in [7, 11) is 0. The van der Waals surface area contributed by atoms with Crippen LogP contribution in [0.15, 0.2) is 60.2 Å². The Hall–Kier alpha value is -4.64. The van der Waals surface area contributed by atoms with Crippen LogP contribution in [0.4, 0.5) is 21.6 Å². The van der Waals surface area contributed by atoms with Crippen LogP contribution in [-0.2, 0) is 6.54 Å². The number of rotatable bonds is 6. The lowest BCUT2D eigenvalue weighted by Gasteiger charge is -2.12. The molecule has 3 heterocycles. The maximum absolute atomic E-state index is 13.3. The number of halogens is 1. The summed E-state index contributed by atoms with van der Waals surface area (Å²) in [6, 6.07) is 13.0. The molecule has 0 atom stereocenters. The highest BCUT2D eigenvalue weighted by Gasteiger charge is 2.18. The second-order valence-corrected chi connectivity index (χ2v) is 9.36. The molecule has 0 aliphatic rings. The largest absolute Gasteiger partial charge is 0.382 e. The number of nitrogens with zero attached hydrogens (tertiary/aromatic N) is 4. The highest BCUT2D eigenvalue weighted by Crippen LogP contribution is 2.29. The van der Waals surface area contributed by atoms with Crippen molar-refractivity contribution in [3.8, 4) is 0 Å². The minimum absolute atomic E-state index is 0.314. The maximum atomic E-state index is 13.3. The van der Waals surface area contributed by atoms with E-state index in [-0.39, 0.29) is 17.6 Å².